The maximum Gasteiger partial charge on any atom is 0.136 e. The van der Waals surface area contributed by atoms with Gasteiger partial charge in [-0.25, -0.2) is 0 Å². The molecule has 1 fully saturated rings. The van der Waals surface area contributed by atoms with E-state index in [0.29, 0.717) is 5.92 Å². The second-order valence-corrected chi connectivity index (χ2v) is 4.22. The minimum Gasteiger partial charge on any atom is -0.373 e. The van der Waals surface area contributed by atoms with Gasteiger partial charge >= 0.3 is 0 Å². The third kappa shape index (κ3) is 1.24. The van der Waals surface area contributed by atoms with E-state index >= 15 is 0 Å². The van der Waals surface area contributed by atoms with E-state index in [1.165, 1.54) is 6.42 Å². The summed E-state index contributed by atoms with van der Waals surface area (Å²) >= 11 is 0. The molecule has 0 aromatic carbocycles. The van der Waals surface area contributed by atoms with Gasteiger partial charge in [-0.05, 0) is 32.1 Å². The summed E-state index contributed by atoms with van der Waals surface area (Å²) in [6.07, 6.45) is 7.49. The second kappa shape index (κ2) is 2.95. The Bertz CT molecular complexity index is 257. The molecule has 0 saturated heterocycles. The van der Waals surface area contributed by atoms with Crippen LogP contribution >= 0.6 is 0 Å². The Morgan fingerprint density at radius 2 is 2.38 bits per heavy atom. The third-order valence-electron chi connectivity index (χ3n) is 3.56. The molecule has 0 spiro atoms. The van der Waals surface area contributed by atoms with Crippen LogP contribution < -0.4 is 0 Å². The Balaban J connectivity index is 2.32. The average Bonchev–Trinajstić information content (AvgIpc) is 2.19. The molecule has 0 aliphatic heterocycles. The fraction of sp³-hybridized carbons (Fsp3) is 0.727. The van der Waals surface area contributed by atoms with E-state index < -0.39 is 0 Å². The van der Waals surface area contributed by atoms with Gasteiger partial charge in [-0.2, -0.15) is 0 Å². The van der Waals surface area contributed by atoms with Gasteiger partial charge in [-0.1, -0.05) is 12.2 Å². The van der Waals surface area contributed by atoms with Crippen LogP contribution in [0, 0.1) is 11.8 Å². The fourth-order valence-corrected chi connectivity index (χ4v) is 2.70. The molecule has 3 rings (SSSR count). The van der Waals surface area contributed by atoms with E-state index in [1.54, 1.807) is 14.0 Å². The number of carbonyl (C=O) groups is 1. The van der Waals surface area contributed by atoms with E-state index in [2.05, 4.69) is 12.2 Å². The summed E-state index contributed by atoms with van der Waals surface area (Å²) in [7, 11) is 1.71. The fourth-order valence-electron chi connectivity index (χ4n) is 2.70. The number of methoxy groups -OCH3 is 1. The van der Waals surface area contributed by atoms with Gasteiger partial charge in [0.05, 0.1) is 11.5 Å². The molecule has 3 atom stereocenters. The van der Waals surface area contributed by atoms with Gasteiger partial charge in [0.25, 0.3) is 0 Å². The normalized spacial score (nSPS) is 42.3. The summed E-state index contributed by atoms with van der Waals surface area (Å²) in [5.41, 5.74) is -0.263. The first-order valence-corrected chi connectivity index (χ1v) is 4.93. The summed E-state index contributed by atoms with van der Waals surface area (Å²) in [4.78, 5) is 11.4. The van der Waals surface area contributed by atoms with Gasteiger partial charge in [0.2, 0.25) is 0 Å². The number of hydrogen-bond donors (Lipinski definition) is 0. The van der Waals surface area contributed by atoms with Crippen LogP contribution in [0.15, 0.2) is 12.2 Å². The average molecular weight is 180 g/mol. The van der Waals surface area contributed by atoms with Crippen molar-refractivity contribution in [1.82, 2.24) is 0 Å². The highest BCUT2D eigenvalue weighted by atomic mass is 16.5. The zero-order valence-electron chi connectivity index (χ0n) is 8.25. The number of carbonyl (C=O) groups excluding carboxylic acids is 1. The molecular weight excluding hydrogens is 164 g/mol. The highest BCUT2D eigenvalue weighted by Crippen LogP contribution is 2.45. The molecule has 2 bridgehead atoms. The van der Waals surface area contributed by atoms with E-state index in [-0.39, 0.29) is 17.3 Å². The van der Waals surface area contributed by atoms with Crippen LogP contribution in [-0.4, -0.2) is 18.5 Å². The van der Waals surface area contributed by atoms with Crippen LogP contribution in [0.2, 0.25) is 0 Å². The lowest BCUT2D eigenvalue weighted by Crippen LogP contribution is -2.48. The maximum atomic E-state index is 11.4. The van der Waals surface area contributed by atoms with Crippen LogP contribution in [0.1, 0.15) is 26.2 Å². The number of allylic oxidation sites excluding steroid dienone is 1. The number of rotatable bonds is 2. The van der Waals surface area contributed by atoms with Crippen molar-refractivity contribution in [2.75, 3.05) is 7.11 Å². The third-order valence-corrected chi connectivity index (χ3v) is 3.56. The largest absolute Gasteiger partial charge is 0.373 e. The molecule has 3 aliphatic rings. The topological polar surface area (TPSA) is 26.3 Å². The van der Waals surface area contributed by atoms with Crippen molar-refractivity contribution >= 4 is 5.78 Å². The molecule has 2 nitrogen and oxygen atoms in total. The zero-order valence-corrected chi connectivity index (χ0v) is 8.25. The van der Waals surface area contributed by atoms with Crippen LogP contribution in [-0.2, 0) is 9.53 Å². The molecule has 0 aromatic heterocycles. The lowest BCUT2D eigenvalue weighted by atomic mass is 9.65. The zero-order chi connectivity index (χ0) is 9.47. The summed E-state index contributed by atoms with van der Waals surface area (Å²) in [6.45, 7) is 1.68. The minimum atomic E-state index is -0.263. The molecule has 2 heteroatoms. The van der Waals surface area contributed by atoms with Crippen LogP contribution in [0.5, 0.6) is 0 Å². The Labute approximate surface area is 79.0 Å². The molecule has 0 radical (unpaired) electrons. The number of Topliss-reactive ketones (excluding diaryl/α,β-unsaturated/α-hetero) is 1. The summed E-state index contributed by atoms with van der Waals surface area (Å²) in [6, 6.07) is 0. The van der Waals surface area contributed by atoms with Gasteiger partial charge in [0.15, 0.2) is 0 Å². The predicted molar refractivity (Wildman–Crippen MR) is 50.4 cm³/mol. The smallest absolute Gasteiger partial charge is 0.136 e. The lowest BCUT2D eigenvalue weighted by molar-refractivity contribution is -0.135. The number of ketones is 1. The minimum absolute atomic E-state index is 0.0984. The van der Waals surface area contributed by atoms with Crippen LogP contribution in [0.3, 0.4) is 0 Å². The molecule has 0 amide bonds. The molecule has 0 N–H and O–H groups in total. The van der Waals surface area contributed by atoms with Crippen molar-refractivity contribution in [3.63, 3.8) is 0 Å². The second-order valence-electron chi connectivity index (χ2n) is 4.22. The number of fused-ring (bicyclic) bond motifs is 2. The van der Waals surface area contributed by atoms with Gasteiger partial charge in [-0.3, -0.25) is 4.79 Å². The molecule has 72 valence electrons. The van der Waals surface area contributed by atoms with E-state index in [4.69, 9.17) is 4.74 Å². The molecule has 13 heavy (non-hydrogen) atoms. The quantitative estimate of drug-likeness (QED) is 0.607. The predicted octanol–water partition coefficient (Wildman–Crippen LogP) is 1.95. The standard InChI is InChI=1S/C11H16O2/c1-8(12)10-7-9-3-5-11(10,13-2)6-4-9/h3,5,9-10H,4,6-7H2,1-2H3/t9-,10-,11+/m0/s1. The number of hydrogen-bond acceptors (Lipinski definition) is 2. The molecular formula is C11H16O2. The molecule has 3 aliphatic carbocycles. The van der Waals surface area contributed by atoms with E-state index in [1.807, 2.05) is 0 Å². The first-order chi connectivity index (χ1) is 6.18. The van der Waals surface area contributed by atoms with Crippen molar-refractivity contribution in [2.45, 2.75) is 31.8 Å². The maximum absolute atomic E-state index is 11.4. The van der Waals surface area contributed by atoms with Gasteiger partial charge in [0.1, 0.15) is 5.78 Å². The Hall–Kier alpha value is -0.630. The van der Waals surface area contributed by atoms with Gasteiger partial charge < -0.3 is 4.74 Å². The highest BCUT2D eigenvalue weighted by molar-refractivity contribution is 5.80. The van der Waals surface area contributed by atoms with Crippen molar-refractivity contribution < 1.29 is 9.53 Å². The summed E-state index contributed by atoms with van der Waals surface area (Å²) in [5.74, 6) is 0.989. The van der Waals surface area contributed by atoms with Crippen molar-refractivity contribution in [3.05, 3.63) is 12.2 Å². The van der Waals surface area contributed by atoms with Crippen molar-refractivity contribution in [1.29, 1.82) is 0 Å². The molecule has 0 aromatic rings. The Morgan fingerprint density at radius 1 is 1.62 bits per heavy atom. The van der Waals surface area contributed by atoms with Crippen LogP contribution in [0.4, 0.5) is 0 Å². The van der Waals surface area contributed by atoms with E-state index in [0.717, 1.165) is 12.8 Å². The first-order valence-electron chi connectivity index (χ1n) is 4.93. The van der Waals surface area contributed by atoms with Gasteiger partial charge in [-0.15, -0.1) is 0 Å². The monoisotopic (exact) mass is 180 g/mol. The Kier molecular flexibility index (Phi) is 2.03. The van der Waals surface area contributed by atoms with Crippen molar-refractivity contribution in [2.24, 2.45) is 11.8 Å². The van der Waals surface area contributed by atoms with E-state index in [9.17, 15) is 4.79 Å². The lowest BCUT2D eigenvalue weighted by Gasteiger charge is -2.46. The Morgan fingerprint density at radius 3 is 2.77 bits per heavy atom. The molecule has 0 unspecified atom stereocenters. The first kappa shape index (κ1) is 8.95. The summed E-state index contributed by atoms with van der Waals surface area (Å²) < 4.78 is 5.53. The SMILES string of the molecule is CO[C@]12C=C[C@@H](CC1)C[C@H]2C(C)=O. The number of ether oxygens (including phenoxy) is 1. The molecule has 0 heterocycles. The van der Waals surface area contributed by atoms with Crippen LogP contribution in [0.25, 0.3) is 0 Å². The van der Waals surface area contributed by atoms with Gasteiger partial charge in [0, 0.05) is 7.11 Å². The van der Waals surface area contributed by atoms with Crippen molar-refractivity contribution in [3.8, 4) is 0 Å². The molecule has 1 saturated carbocycles. The summed E-state index contributed by atoms with van der Waals surface area (Å²) in [5, 5.41) is 0. The highest BCUT2D eigenvalue weighted by Gasteiger charge is 2.46.